The second-order valence-electron chi connectivity index (χ2n) is 4.24. The summed E-state index contributed by atoms with van der Waals surface area (Å²) in [4.78, 5) is 25.3. The van der Waals surface area contributed by atoms with Crippen molar-refractivity contribution in [3.8, 4) is 0 Å². The second kappa shape index (κ2) is 4.30. The number of hydrogen-bond donors (Lipinski definition) is 1. The maximum atomic E-state index is 12.1. The van der Waals surface area contributed by atoms with Gasteiger partial charge in [0.05, 0.1) is 23.3 Å². The molecule has 2 unspecified atom stereocenters. The van der Waals surface area contributed by atoms with Gasteiger partial charge in [-0.25, -0.2) is 0 Å². The summed E-state index contributed by atoms with van der Waals surface area (Å²) >= 11 is 0. The van der Waals surface area contributed by atoms with Crippen LogP contribution in [0.5, 0.6) is 0 Å². The van der Waals surface area contributed by atoms with E-state index in [-0.39, 0.29) is 11.8 Å². The Morgan fingerprint density at radius 2 is 1.65 bits per heavy atom. The molecule has 0 aliphatic carbocycles. The van der Waals surface area contributed by atoms with Gasteiger partial charge in [0.2, 0.25) is 0 Å². The number of aliphatic hydroxyl groups is 1. The van der Waals surface area contributed by atoms with E-state index in [4.69, 9.17) is 0 Å². The highest BCUT2D eigenvalue weighted by Crippen LogP contribution is 2.25. The van der Waals surface area contributed by atoms with Crippen molar-refractivity contribution in [1.29, 1.82) is 0 Å². The number of aliphatic hydroxyl groups excluding tert-OH is 1. The molecule has 1 heterocycles. The summed E-state index contributed by atoms with van der Waals surface area (Å²) in [6, 6.07) is 6.25. The molecular weight excluding hydrogens is 218 g/mol. The molecule has 1 aromatic carbocycles. The highest BCUT2D eigenvalue weighted by Gasteiger charge is 2.39. The first-order valence-electron chi connectivity index (χ1n) is 5.73. The lowest BCUT2D eigenvalue weighted by molar-refractivity contribution is 0.0371. The number of benzene rings is 1. The summed E-state index contributed by atoms with van der Waals surface area (Å²) in [5, 5.41) is 9.76. The first-order chi connectivity index (χ1) is 8.07. The number of fused-ring (bicyclic) bond motifs is 1. The van der Waals surface area contributed by atoms with Crippen LogP contribution in [0.2, 0.25) is 0 Å². The highest BCUT2D eigenvalue weighted by atomic mass is 16.3. The zero-order valence-electron chi connectivity index (χ0n) is 9.88. The van der Waals surface area contributed by atoms with E-state index < -0.39 is 12.1 Å². The third kappa shape index (κ3) is 1.74. The number of carbonyl (C=O) groups is 2. The Hall–Kier alpha value is -1.68. The highest BCUT2D eigenvalue weighted by molar-refractivity contribution is 6.21. The summed E-state index contributed by atoms with van der Waals surface area (Å²) in [5.41, 5.74) is 0.848. The Labute approximate surface area is 99.9 Å². The molecule has 4 heteroatoms. The molecule has 2 atom stereocenters. The molecule has 1 aliphatic heterocycles. The number of amides is 2. The lowest BCUT2D eigenvalue weighted by atomic mass is 10.1. The molecule has 1 aromatic rings. The monoisotopic (exact) mass is 233 g/mol. The van der Waals surface area contributed by atoms with Crippen LogP contribution < -0.4 is 0 Å². The van der Waals surface area contributed by atoms with Gasteiger partial charge in [0, 0.05) is 0 Å². The van der Waals surface area contributed by atoms with Crippen molar-refractivity contribution in [2.45, 2.75) is 32.4 Å². The SMILES string of the molecule is CCC(O)C(C)N1C(=O)c2ccccc2C1=O. The van der Waals surface area contributed by atoms with Crippen LogP contribution in [0.4, 0.5) is 0 Å². The predicted octanol–water partition coefficient (Wildman–Crippen LogP) is 1.44. The van der Waals surface area contributed by atoms with Gasteiger partial charge in [0.1, 0.15) is 0 Å². The van der Waals surface area contributed by atoms with Crippen molar-refractivity contribution < 1.29 is 14.7 Å². The first-order valence-corrected chi connectivity index (χ1v) is 5.73. The minimum atomic E-state index is -0.683. The minimum Gasteiger partial charge on any atom is -0.391 e. The minimum absolute atomic E-state index is 0.314. The van der Waals surface area contributed by atoms with Gasteiger partial charge in [-0.15, -0.1) is 0 Å². The Kier molecular flexibility index (Phi) is 2.98. The van der Waals surface area contributed by atoms with E-state index in [2.05, 4.69) is 0 Å². The number of carbonyl (C=O) groups excluding carboxylic acids is 2. The van der Waals surface area contributed by atoms with E-state index >= 15 is 0 Å². The normalized spacial score (nSPS) is 18.2. The third-order valence-electron chi connectivity index (χ3n) is 3.21. The van der Waals surface area contributed by atoms with E-state index in [1.54, 1.807) is 31.2 Å². The molecular formula is C13H15NO3. The second-order valence-corrected chi connectivity index (χ2v) is 4.24. The van der Waals surface area contributed by atoms with Crippen LogP contribution >= 0.6 is 0 Å². The molecule has 4 nitrogen and oxygen atoms in total. The van der Waals surface area contributed by atoms with E-state index in [0.717, 1.165) is 4.90 Å². The van der Waals surface area contributed by atoms with Crippen LogP contribution in [0, 0.1) is 0 Å². The molecule has 0 radical (unpaired) electrons. The van der Waals surface area contributed by atoms with Crippen LogP contribution in [0.3, 0.4) is 0 Å². The Balaban J connectivity index is 2.36. The van der Waals surface area contributed by atoms with Crippen LogP contribution in [-0.4, -0.2) is 34.0 Å². The largest absolute Gasteiger partial charge is 0.391 e. The fourth-order valence-electron chi connectivity index (χ4n) is 2.09. The molecule has 2 rings (SSSR count). The van der Waals surface area contributed by atoms with Gasteiger partial charge >= 0.3 is 0 Å². The summed E-state index contributed by atoms with van der Waals surface area (Å²) in [6.45, 7) is 3.51. The fraction of sp³-hybridized carbons (Fsp3) is 0.385. The lowest BCUT2D eigenvalue weighted by Crippen LogP contribution is -2.44. The van der Waals surface area contributed by atoms with Crippen molar-refractivity contribution in [2.24, 2.45) is 0 Å². The fourth-order valence-corrected chi connectivity index (χ4v) is 2.09. The molecule has 1 N–H and O–H groups in total. The van der Waals surface area contributed by atoms with Crippen molar-refractivity contribution in [2.75, 3.05) is 0 Å². The van der Waals surface area contributed by atoms with E-state index in [1.807, 2.05) is 6.92 Å². The van der Waals surface area contributed by atoms with Gasteiger partial charge < -0.3 is 5.11 Å². The average molecular weight is 233 g/mol. The lowest BCUT2D eigenvalue weighted by Gasteiger charge is -2.26. The van der Waals surface area contributed by atoms with Crippen LogP contribution in [0.25, 0.3) is 0 Å². The summed E-state index contributed by atoms with van der Waals surface area (Å²) in [7, 11) is 0. The molecule has 0 saturated carbocycles. The summed E-state index contributed by atoms with van der Waals surface area (Å²) < 4.78 is 0. The Morgan fingerprint density at radius 3 is 2.06 bits per heavy atom. The Morgan fingerprint density at radius 1 is 1.18 bits per heavy atom. The topological polar surface area (TPSA) is 57.6 Å². The molecule has 0 spiro atoms. The number of nitrogens with zero attached hydrogens (tertiary/aromatic N) is 1. The Bertz CT molecular complexity index is 434. The smallest absolute Gasteiger partial charge is 0.261 e. The summed E-state index contributed by atoms with van der Waals surface area (Å²) in [5.74, 6) is -0.629. The molecule has 2 amide bonds. The molecule has 0 bridgehead atoms. The van der Waals surface area contributed by atoms with E-state index in [1.165, 1.54) is 0 Å². The standard InChI is InChI=1S/C13H15NO3/c1-3-11(15)8(2)14-12(16)9-6-4-5-7-10(9)13(14)17/h4-8,11,15H,3H2,1-2H3. The number of hydrogen-bond acceptors (Lipinski definition) is 3. The molecule has 0 fully saturated rings. The van der Waals surface area contributed by atoms with Gasteiger partial charge in [0.15, 0.2) is 0 Å². The first kappa shape index (κ1) is 11.8. The van der Waals surface area contributed by atoms with Gasteiger partial charge in [-0.3, -0.25) is 14.5 Å². The zero-order chi connectivity index (χ0) is 12.6. The average Bonchev–Trinajstić information content (AvgIpc) is 2.61. The van der Waals surface area contributed by atoms with Crippen molar-refractivity contribution in [3.05, 3.63) is 35.4 Å². The van der Waals surface area contributed by atoms with Crippen LogP contribution in [-0.2, 0) is 0 Å². The summed E-state index contributed by atoms with van der Waals surface area (Å²) in [6.07, 6.45) is -0.175. The maximum Gasteiger partial charge on any atom is 0.261 e. The van der Waals surface area contributed by atoms with Crippen molar-refractivity contribution in [3.63, 3.8) is 0 Å². The van der Waals surface area contributed by atoms with Gasteiger partial charge in [0.25, 0.3) is 11.8 Å². The quantitative estimate of drug-likeness (QED) is 0.804. The number of imide groups is 1. The molecule has 0 aromatic heterocycles. The van der Waals surface area contributed by atoms with E-state index in [0.29, 0.717) is 17.5 Å². The molecule has 90 valence electrons. The van der Waals surface area contributed by atoms with Crippen molar-refractivity contribution in [1.82, 2.24) is 4.90 Å². The molecule has 17 heavy (non-hydrogen) atoms. The molecule has 1 aliphatic rings. The van der Waals surface area contributed by atoms with E-state index in [9.17, 15) is 14.7 Å². The van der Waals surface area contributed by atoms with Gasteiger partial charge in [-0.1, -0.05) is 19.1 Å². The molecule has 0 saturated heterocycles. The maximum absolute atomic E-state index is 12.1. The van der Waals surface area contributed by atoms with Crippen LogP contribution in [0.15, 0.2) is 24.3 Å². The third-order valence-corrected chi connectivity index (χ3v) is 3.21. The van der Waals surface area contributed by atoms with Crippen molar-refractivity contribution >= 4 is 11.8 Å². The zero-order valence-corrected chi connectivity index (χ0v) is 9.88. The van der Waals surface area contributed by atoms with Gasteiger partial charge in [-0.2, -0.15) is 0 Å². The number of rotatable bonds is 3. The van der Waals surface area contributed by atoms with Crippen LogP contribution in [0.1, 0.15) is 41.0 Å². The predicted molar refractivity (Wildman–Crippen MR) is 62.7 cm³/mol. The van der Waals surface area contributed by atoms with Gasteiger partial charge in [-0.05, 0) is 25.5 Å².